The van der Waals surface area contributed by atoms with Gasteiger partial charge in [0.2, 0.25) is 0 Å². The molecule has 0 bridgehead atoms. The summed E-state index contributed by atoms with van der Waals surface area (Å²) in [5.74, 6) is 2.69. The Kier molecular flexibility index (Phi) is 4.86. The molecule has 0 radical (unpaired) electrons. The number of methoxy groups -OCH3 is 2. The van der Waals surface area contributed by atoms with Crippen LogP contribution in [0.3, 0.4) is 0 Å². The molecule has 24 heavy (non-hydrogen) atoms. The van der Waals surface area contributed by atoms with Gasteiger partial charge in [-0.25, -0.2) is 0 Å². The van der Waals surface area contributed by atoms with E-state index in [9.17, 15) is 0 Å². The molecule has 130 valence electrons. The molecule has 1 aliphatic rings. The topological polar surface area (TPSA) is 43.6 Å². The lowest BCUT2D eigenvalue weighted by molar-refractivity contribution is 0.236. The van der Waals surface area contributed by atoms with Gasteiger partial charge in [-0.1, -0.05) is 19.9 Å². The van der Waals surface area contributed by atoms with Gasteiger partial charge in [-0.2, -0.15) is 0 Å². The molecule has 0 unspecified atom stereocenters. The Morgan fingerprint density at radius 2 is 1.96 bits per heavy atom. The fourth-order valence-electron chi connectivity index (χ4n) is 3.58. The minimum absolute atomic E-state index is 0.270. The summed E-state index contributed by atoms with van der Waals surface area (Å²) in [6.07, 6.45) is 4.91. The zero-order valence-electron chi connectivity index (χ0n) is 15.0. The predicted octanol–water partition coefficient (Wildman–Crippen LogP) is 4.14. The van der Waals surface area contributed by atoms with Crippen LogP contribution in [-0.2, 0) is 12.8 Å². The summed E-state index contributed by atoms with van der Waals surface area (Å²) in [7, 11) is 3.33. The van der Waals surface area contributed by atoms with Crippen LogP contribution in [0.25, 0.3) is 0 Å². The van der Waals surface area contributed by atoms with Crippen LogP contribution in [0, 0.1) is 5.41 Å². The van der Waals surface area contributed by atoms with Crippen LogP contribution in [0.5, 0.6) is 11.5 Å². The fraction of sp³-hybridized carbons (Fsp3) is 0.500. The molecule has 2 aromatic rings. The summed E-state index contributed by atoms with van der Waals surface area (Å²) in [5, 5.41) is 3.70. The van der Waals surface area contributed by atoms with Crippen molar-refractivity contribution in [3.8, 4) is 11.5 Å². The van der Waals surface area contributed by atoms with Crippen molar-refractivity contribution >= 4 is 0 Å². The molecule has 1 heterocycles. The van der Waals surface area contributed by atoms with Crippen LogP contribution in [-0.4, -0.2) is 20.8 Å². The molecular formula is C20H27NO3. The molecule has 0 aliphatic heterocycles. The number of hydrogen-bond acceptors (Lipinski definition) is 4. The first-order valence-corrected chi connectivity index (χ1v) is 8.53. The Morgan fingerprint density at radius 3 is 2.71 bits per heavy atom. The smallest absolute Gasteiger partial charge is 0.160 e. The number of furan rings is 1. The fourth-order valence-corrected chi connectivity index (χ4v) is 3.58. The van der Waals surface area contributed by atoms with Crippen molar-refractivity contribution in [2.75, 3.05) is 20.8 Å². The maximum absolute atomic E-state index is 5.67. The van der Waals surface area contributed by atoms with E-state index in [1.165, 1.54) is 11.1 Å². The molecule has 0 spiro atoms. The van der Waals surface area contributed by atoms with Gasteiger partial charge in [0.15, 0.2) is 11.5 Å². The average Bonchev–Trinajstić information content (AvgIpc) is 3.01. The zero-order valence-corrected chi connectivity index (χ0v) is 15.0. The molecule has 4 nitrogen and oxygen atoms in total. The highest BCUT2D eigenvalue weighted by molar-refractivity contribution is 5.43. The third kappa shape index (κ3) is 3.59. The van der Waals surface area contributed by atoms with Gasteiger partial charge in [-0.3, -0.25) is 0 Å². The molecule has 4 heteroatoms. The van der Waals surface area contributed by atoms with Crippen molar-refractivity contribution in [2.45, 2.75) is 39.2 Å². The summed E-state index contributed by atoms with van der Waals surface area (Å²) in [6, 6.07) is 8.58. The number of ether oxygens (including phenoxy) is 2. The van der Waals surface area contributed by atoms with E-state index in [1.54, 1.807) is 14.2 Å². The van der Waals surface area contributed by atoms with Crippen LogP contribution in [0.2, 0.25) is 0 Å². The highest BCUT2D eigenvalue weighted by Gasteiger charge is 2.33. The summed E-state index contributed by atoms with van der Waals surface area (Å²) in [4.78, 5) is 0. The van der Waals surface area contributed by atoms with Gasteiger partial charge in [0.05, 0.1) is 20.5 Å². The Labute approximate surface area is 144 Å². The van der Waals surface area contributed by atoms with Gasteiger partial charge in [-0.15, -0.1) is 0 Å². The second kappa shape index (κ2) is 6.89. The van der Waals surface area contributed by atoms with E-state index in [0.717, 1.165) is 43.1 Å². The molecule has 0 saturated heterocycles. The summed E-state index contributed by atoms with van der Waals surface area (Å²) < 4.78 is 16.3. The van der Waals surface area contributed by atoms with Gasteiger partial charge in [0.25, 0.3) is 0 Å². The number of benzene rings is 1. The SMILES string of the molecule is COc1ccc(CCN[C@H]2CC(C)(C)Cc3occc32)cc1OC. The maximum atomic E-state index is 5.67. The van der Waals surface area contributed by atoms with E-state index < -0.39 is 0 Å². The third-order valence-corrected chi connectivity index (χ3v) is 4.80. The Balaban J connectivity index is 1.63. The number of nitrogens with one attached hydrogen (secondary N) is 1. The number of hydrogen-bond donors (Lipinski definition) is 1. The van der Waals surface area contributed by atoms with Crippen LogP contribution in [0.15, 0.2) is 34.9 Å². The lowest BCUT2D eigenvalue weighted by Crippen LogP contribution is -2.33. The van der Waals surface area contributed by atoms with Gasteiger partial charge in [0, 0.05) is 18.0 Å². The normalized spacial score (nSPS) is 18.9. The first-order valence-electron chi connectivity index (χ1n) is 8.53. The van der Waals surface area contributed by atoms with Crippen LogP contribution >= 0.6 is 0 Å². The van der Waals surface area contributed by atoms with Crippen molar-refractivity contribution in [3.63, 3.8) is 0 Å². The van der Waals surface area contributed by atoms with Gasteiger partial charge < -0.3 is 19.2 Å². The molecule has 1 atom stereocenters. The van der Waals surface area contributed by atoms with E-state index in [-0.39, 0.29) is 5.41 Å². The summed E-state index contributed by atoms with van der Waals surface area (Å²) in [6.45, 7) is 5.53. The first kappa shape index (κ1) is 16.9. The maximum Gasteiger partial charge on any atom is 0.160 e. The second-order valence-electron chi connectivity index (χ2n) is 7.29. The predicted molar refractivity (Wildman–Crippen MR) is 94.8 cm³/mol. The van der Waals surface area contributed by atoms with Gasteiger partial charge in [-0.05, 0) is 48.6 Å². The minimum atomic E-state index is 0.270. The second-order valence-corrected chi connectivity index (χ2v) is 7.29. The quantitative estimate of drug-likeness (QED) is 0.865. The van der Waals surface area contributed by atoms with E-state index >= 15 is 0 Å². The van der Waals surface area contributed by atoms with Gasteiger partial charge in [0.1, 0.15) is 5.76 Å². The lowest BCUT2D eigenvalue weighted by Gasteiger charge is -2.35. The highest BCUT2D eigenvalue weighted by Crippen LogP contribution is 2.41. The molecular weight excluding hydrogens is 302 g/mol. The average molecular weight is 329 g/mol. The molecule has 3 rings (SSSR count). The highest BCUT2D eigenvalue weighted by atomic mass is 16.5. The zero-order chi connectivity index (χ0) is 17.2. The molecule has 1 aliphatic carbocycles. The monoisotopic (exact) mass is 329 g/mol. The van der Waals surface area contributed by atoms with E-state index in [4.69, 9.17) is 13.9 Å². The van der Waals surface area contributed by atoms with Gasteiger partial charge >= 0.3 is 0 Å². The molecule has 1 aromatic heterocycles. The van der Waals surface area contributed by atoms with Crippen molar-refractivity contribution in [2.24, 2.45) is 5.41 Å². The molecule has 0 amide bonds. The minimum Gasteiger partial charge on any atom is -0.493 e. The van der Waals surface area contributed by atoms with Crippen LogP contribution < -0.4 is 14.8 Å². The number of fused-ring (bicyclic) bond motifs is 1. The molecule has 0 fully saturated rings. The molecule has 0 saturated carbocycles. The Hall–Kier alpha value is -1.94. The Bertz CT molecular complexity index is 690. The van der Waals surface area contributed by atoms with Crippen LogP contribution in [0.4, 0.5) is 0 Å². The Morgan fingerprint density at radius 1 is 1.17 bits per heavy atom. The molecule has 1 aromatic carbocycles. The first-order chi connectivity index (χ1) is 11.5. The summed E-state index contributed by atoms with van der Waals surface area (Å²) in [5.41, 5.74) is 2.83. The molecule has 1 N–H and O–H groups in total. The van der Waals surface area contributed by atoms with E-state index in [2.05, 4.69) is 37.4 Å². The third-order valence-electron chi connectivity index (χ3n) is 4.80. The van der Waals surface area contributed by atoms with E-state index in [0.29, 0.717) is 6.04 Å². The standard InChI is InChI=1S/C20H27NO3/c1-20(2)12-16(15-8-10-24-19(15)13-20)21-9-7-14-5-6-17(22-3)18(11-14)23-4/h5-6,8,10-11,16,21H,7,9,12-13H2,1-4H3/t16-/m0/s1. The van der Waals surface area contributed by atoms with Crippen LogP contribution in [0.1, 0.15) is 43.2 Å². The number of rotatable bonds is 6. The largest absolute Gasteiger partial charge is 0.493 e. The van der Waals surface area contributed by atoms with Crippen molar-refractivity contribution < 1.29 is 13.9 Å². The van der Waals surface area contributed by atoms with Crippen molar-refractivity contribution in [1.82, 2.24) is 5.32 Å². The lowest BCUT2D eigenvalue weighted by atomic mass is 9.75. The summed E-state index contributed by atoms with van der Waals surface area (Å²) >= 11 is 0. The van der Waals surface area contributed by atoms with Crippen molar-refractivity contribution in [3.05, 3.63) is 47.4 Å². The van der Waals surface area contributed by atoms with Crippen molar-refractivity contribution in [1.29, 1.82) is 0 Å². The van der Waals surface area contributed by atoms with E-state index in [1.807, 2.05) is 12.3 Å².